The molecule has 0 saturated carbocycles. The predicted molar refractivity (Wildman–Crippen MR) is 116 cm³/mol. The summed E-state index contributed by atoms with van der Waals surface area (Å²) in [5, 5.41) is 1.56. The SMILES string of the molecule is CC1=Cc2c(Br)cc(Cl)cc2C1CC1C(C)=Cc2c(Br)cc(Cl)cc21. The van der Waals surface area contributed by atoms with E-state index in [9.17, 15) is 0 Å². The van der Waals surface area contributed by atoms with Gasteiger partial charge in [0.05, 0.1) is 0 Å². The van der Waals surface area contributed by atoms with Crippen molar-refractivity contribution in [3.63, 3.8) is 0 Å². The van der Waals surface area contributed by atoms with Crippen molar-refractivity contribution in [1.29, 1.82) is 0 Å². The topological polar surface area (TPSA) is 0 Å². The molecular weight excluding hydrogens is 483 g/mol. The lowest BCUT2D eigenvalue weighted by Crippen LogP contribution is -2.06. The Kier molecular flexibility index (Phi) is 4.69. The standard InChI is InChI=1S/C21H16Br2Cl2/c1-10-3-18-16(5-12(24)7-20(18)22)14(10)9-15-11(2)4-19-17(15)6-13(25)8-21(19)23/h3-8,14-15H,9H2,1-2H3. The second kappa shape index (κ2) is 6.56. The van der Waals surface area contributed by atoms with Crippen molar-refractivity contribution >= 4 is 67.2 Å². The zero-order valence-corrected chi connectivity index (χ0v) is 18.5. The van der Waals surface area contributed by atoms with Gasteiger partial charge in [-0.15, -0.1) is 0 Å². The Morgan fingerprint density at radius 1 is 0.760 bits per heavy atom. The Morgan fingerprint density at radius 3 is 1.56 bits per heavy atom. The van der Waals surface area contributed by atoms with Crippen LogP contribution in [-0.2, 0) is 0 Å². The number of allylic oxidation sites excluding steroid dienone is 2. The second-order valence-corrected chi connectivity index (χ2v) is 9.48. The molecule has 0 heterocycles. The summed E-state index contributed by atoms with van der Waals surface area (Å²) in [6.07, 6.45) is 5.59. The highest BCUT2D eigenvalue weighted by Crippen LogP contribution is 2.50. The summed E-state index contributed by atoms with van der Waals surface area (Å²) in [4.78, 5) is 0. The Morgan fingerprint density at radius 2 is 1.16 bits per heavy atom. The molecule has 2 unspecified atom stereocenters. The van der Waals surface area contributed by atoms with E-state index in [1.165, 1.54) is 33.4 Å². The van der Waals surface area contributed by atoms with Crippen molar-refractivity contribution in [3.05, 3.63) is 76.7 Å². The van der Waals surface area contributed by atoms with Gasteiger partial charge in [0.2, 0.25) is 0 Å². The van der Waals surface area contributed by atoms with Gasteiger partial charge in [-0.05, 0) is 66.8 Å². The molecular formula is C21H16Br2Cl2. The number of benzene rings is 2. The largest absolute Gasteiger partial charge is 0.0843 e. The van der Waals surface area contributed by atoms with Crippen LogP contribution in [0.1, 0.15) is 54.4 Å². The van der Waals surface area contributed by atoms with Crippen LogP contribution >= 0.6 is 55.1 Å². The smallest absolute Gasteiger partial charge is 0.0420 e. The maximum atomic E-state index is 6.32. The van der Waals surface area contributed by atoms with E-state index in [2.05, 4.69) is 70.0 Å². The van der Waals surface area contributed by atoms with Crippen LogP contribution < -0.4 is 0 Å². The van der Waals surface area contributed by atoms with E-state index in [1.807, 2.05) is 12.1 Å². The molecule has 0 aliphatic heterocycles. The molecule has 0 saturated heterocycles. The zero-order chi connectivity index (χ0) is 17.9. The number of halogens is 4. The molecule has 0 N–H and O–H groups in total. The predicted octanol–water partition coefficient (Wildman–Crippen LogP) is 8.61. The summed E-state index contributed by atoms with van der Waals surface area (Å²) >= 11 is 20.0. The first-order valence-corrected chi connectivity index (χ1v) is 10.5. The van der Waals surface area contributed by atoms with Gasteiger partial charge in [-0.3, -0.25) is 0 Å². The van der Waals surface area contributed by atoms with E-state index in [4.69, 9.17) is 23.2 Å². The van der Waals surface area contributed by atoms with Gasteiger partial charge >= 0.3 is 0 Å². The van der Waals surface area contributed by atoms with Crippen LogP contribution in [-0.4, -0.2) is 0 Å². The quantitative estimate of drug-likeness (QED) is 0.388. The van der Waals surface area contributed by atoms with Gasteiger partial charge in [0.25, 0.3) is 0 Å². The molecule has 0 radical (unpaired) electrons. The van der Waals surface area contributed by atoms with Crippen LogP contribution in [0, 0.1) is 0 Å². The summed E-state index contributed by atoms with van der Waals surface area (Å²) in [6.45, 7) is 4.43. The van der Waals surface area contributed by atoms with Gasteiger partial charge < -0.3 is 0 Å². The molecule has 2 aromatic carbocycles. The highest BCUT2D eigenvalue weighted by molar-refractivity contribution is 9.10. The normalized spacial score (nSPS) is 21.0. The number of fused-ring (bicyclic) bond motifs is 2. The van der Waals surface area contributed by atoms with E-state index in [0.29, 0.717) is 11.8 Å². The summed E-state index contributed by atoms with van der Waals surface area (Å²) < 4.78 is 2.14. The maximum Gasteiger partial charge on any atom is 0.0420 e. The molecule has 4 rings (SSSR count). The van der Waals surface area contributed by atoms with E-state index >= 15 is 0 Å². The van der Waals surface area contributed by atoms with Crippen LogP contribution in [0.2, 0.25) is 10.0 Å². The van der Waals surface area contributed by atoms with Crippen LogP contribution in [0.25, 0.3) is 12.2 Å². The Bertz CT molecular complexity index is 879. The van der Waals surface area contributed by atoms with Crippen LogP contribution in [0.5, 0.6) is 0 Å². The lowest BCUT2D eigenvalue weighted by Gasteiger charge is -2.22. The summed E-state index contributed by atoms with van der Waals surface area (Å²) in [7, 11) is 0. The average Bonchev–Trinajstić information content (AvgIpc) is 3.00. The Balaban J connectivity index is 1.75. The van der Waals surface area contributed by atoms with Crippen molar-refractivity contribution in [2.24, 2.45) is 0 Å². The lowest BCUT2D eigenvalue weighted by atomic mass is 9.82. The minimum atomic E-state index is 0.377. The van der Waals surface area contributed by atoms with Gasteiger partial charge in [-0.2, -0.15) is 0 Å². The van der Waals surface area contributed by atoms with Gasteiger partial charge in [0.15, 0.2) is 0 Å². The molecule has 2 aromatic rings. The minimum absolute atomic E-state index is 0.377. The molecule has 4 heteroatoms. The highest BCUT2D eigenvalue weighted by atomic mass is 79.9. The average molecular weight is 499 g/mol. The zero-order valence-electron chi connectivity index (χ0n) is 13.8. The Labute approximate surface area is 175 Å². The molecule has 0 spiro atoms. The molecule has 0 bridgehead atoms. The Hall–Kier alpha value is -0.540. The fourth-order valence-electron chi connectivity index (χ4n) is 4.10. The minimum Gasteiger partial charge on any atom is -0.0843 e. The van der Waals surface area contributed by atoms with Crippen molar-refractivity contribution in [2.45, 2.75) is 32.1 Å². The van der Waals surface area contributed by atoms with E-state index in [1.54, 1.807) is 0 Å². The third-order valence-electron chi connectivity index (χ3n) is 5.32. The first kappa shape index (κ1) is 17.9. The number of hydrogen-bond acceptors (Lipinski definition) is 0. The van der Waals surface area contributed by atoms with E-state index < -0.39 is 0 Å². The molecule has 2 aliphatic rings. The molecule has 2 atom stereocenters. The molecule has 0 amide bonds. The second-order valence-electron chi connectivity index (χ2n) is 6.90. The summed E-state index contributed by atoms with van der Waals surface area (Å²) in [5.41, 5.74) is 7.94. The summed E-state index contributed by atoms with van der Waals surface area (Å²) in [5.74, 6) is 0.754. The molecule has 25 heavy (non-hydrogen) atoms. The molecule has 128 valence electrons. The van der Waals surface area contributed by atoms with E-state index in [-0.39, 0.29) is 0 Å². The van der Waals surface area contributed by atoms with Gasteiger partial charge in [0, 0.05) is 30.8 Å². The van der Waals surface area contributed by atoms with Crippen LogP contribution in [0.4, 0.5) is 0 Å². The van der Waals surface area contributed by atoms with Crippen molar-refractivity contribution < 1.29 is 0 Å². The number of hydrogen-bond donors (Lipinski definition) is 0. The van der Waals surface area contributed by atoms with Crippen molar-refractivity contribution in [2.75, 3.05) is 0 Å². The van der Waals surface area contributed by atoms with E-state index in [0.717, 1.165) is 25.4 Å². The molecule has 2 aliphatic carbocycles. The molecule has 0 aromatic heterocycles. The maximum absolute atomic E-state index is 6.32. The molecule has 0 fully saturated rings. The number of rotatable bonds is 2. The van der Waals surface area contributed by atoms with Crippen LogP contribution in [0.3, 0.4) is 0 Å². The fraction of sp³-hybridized carbons (Fsp3) is 0.238. The van der Waals surface area contributed by atoms with Gasteiger partial charge in [-0.25, -0.2) is 0 Å². The first-order chi connectivity index (χ1) is 11.8. The molecule has 0 nitrogen and oxygen atoms in total. The fourth-order valence-corrected chi connectivity index (χ4v) is 6.00. The first-order valence-electron chi connectivity index (χ1n) is 8.19. The summed E-state index contributed by atoms with van der Waals surface area (Å²) in [6, 6.07) is 8.17. The monoisotopic (exact) mass is 496 g/mol. The lowest BCUT2D eigenvalue weighted by molar-refractivity contribution is 0.642. The van der Waals surface area contributed by atoms with Gasteiger partial charge in [0.1, 0.15) is 0 Å². The van der Waals surface area contributed by atoms with Crippen LogP contribution in [0.15, 0.2) is 44.4 Å². The van der Waals surface area contributed by atoms with Crippen molar-refractivity contribution in [3.8, 4) is 0 Å². The van der Waals surface area contributed by atoms with Crippen molar-refractivity contribution in [1.82, 2.24) is 0 Å². The third-order valence-corrected chi connectivity index (χ3v) is 7.07. The third kappa shape index (κ3) is 3.06. The van der Waals surface area contributed by atoms with Gasteiger partial charge in [-0.1, -0.05) is 78.4 Å². The highest BCUT2D eigenvalue weighted by Gasteiger charge is 2.32.